The Bertz CT molecular complexity index is 1200. The standard InChI is InChI=1S/C27H35N3OS2/c1-17-12-14-30(15-13-17)25-19(8-11-24(29-25)27(3,4)5)7-10-22(31)18(2)20-6-9-21-23(16-20)33-26(32)28-21/h6,8-9,11,16-18H,7,10,12-15H2,1-5H3,(H,28,32). The van der Waals surface area contributed by atoms with Crippen LogP contribution in [0.15, 0.2) is 30.3 Å². The maximum atomic E-state index is 13.2. The van der Waals surface area contributed by atoms with E-state index in [0.717, 1.165) is 56.7 Å². The Balaban J connectivity index is 1.52. The Morgan fingerprint density at radius 2 is 1.97 bits per heavy atom. The van der Waals surface area contributed by atoms with Gasteiger partial charge in [-0.3, -0.25) is 4.79 Å². The van der Waals surface area contributed by atoms with E-state index in [-0.39, 0.29) is 17.1 Å². The van der Waals surface area contributed by atoms with Gasteiger partial charge in [0, 0.05) is 36.5 Å². The van der Waals surface area contributed by atoms with Crippen molar-refractivity contribution in [3.05, 3.63) is 51.1 Å². The first-order chi connectivity index (χ1) is 15.6. The summed E-state index contributed by atoms with van der Waals surface area (Å²) in [6.07, 6.45) is 3.65. The predicted octanol–water partition coefficient (Wildman–Crippen LogP) is 7.19. The quantitative estimate of drug-likeness (QED) is 0.378. The maximum Gasteiger partial charge on any atom is 0.159 e. The number of H-pyrrole nitrogens is 1. The van der Waals surface area contributed by atoms with Gasteiger partial charge in [-0.15, -0.1) is 11.3 Å². The minimum atomic E-state index is -0.133. The molecule has 4 rings (SSSR count). The van der Waals surface area contributed by atoms with Crippen molar-refractivity contribution in [2.75, 3.05) is 18.0 Å². The van der Waals surface area contributed by atoms with Crippen LogP contribution in [0.25, 0.3) is 10.2 Å². The van der Waals surface area contributed by atoms with Crippen LogP contribution in [0.1, 0.15) is 76.6 Å². The number of ketones is 1. The summed E-state index contributed by atoms with van der Waals surface area (Å²) in [5.74, 6) is 1.99. The number of nitrogens with zero attached hydrogens (tertiary/aromatic N) is 2. The minimum Gasteiger partial charge on any atom is -0.356 e. The molecule has 1 aromatic carbocycles. The van der Waals surface area contributed by atoms with Gasteiger partial charge in [-0.05, 0) is 66.7 Å². The lowest BCUT2D eigenvalue weighted by Gasteiger charge is -2.33. The summed E-state index contributed by atoms with van der Waals surface area (Å²) in [7, 11) is 0. The number of hydrogen-bond acceptors (Lipinski definition) is 5. The lowest BCUT2D eigenvalue weighted by atomic mass is 9.90. The molecule has 1 aliphatic heterocycles. The van der Waals surface area contributed by atoms with E-state index in [1.54, 1.807) is 11.3 Å². The summed E-state index contributed by atoms with van der Waals surface area (Å²) < 4.78 is 1.88. The first-order valence-corrected chi connectivity index (χ1v) is 13.2. The van der Waals surface area contributed by atoms with E-state index in [4.69, 9.17) is 17.2 Å². The normalized spacial score (nSPS) is 16.3. The van der Waals surface area contributed by atoms with Crippen LogP contribution in [0.2, 0.25) is 0 Å². The number of rotatable bonds is 6. The van der Waals surface area contributed by atoms with Crippen LogP contribution in [0.5, 0.6) is 0 Å². The molecule has 1 N–H and O–H groups in total. The molecular formula is C27H35N3OS2. The van der Waals surface area contributed by atoms with Crippen LogP contribution < -0.4 is 4.90 Å². The second-order valence-corrected chi connectivity index (χ2v) is 12.3. The third kappa shape index (κ3) is 5.55. The molecule has 1 saturated heterocycles. The topological polar surface area (TPSA) is 49.0 Å². The molecule has 0 amide bonds. The van der Waals surface area contributed by atoms with Crippen molar-refractivity contribution in [3.8, 4) is 0 Å². The molecule has 4 nitrogen and oxygen atoms in total. The summed E-state index contributed by atoms with van der Waals surface area (Å²) in [4.78, 5) is 23.9. The van der Waals surface area contributed by atoms with Gasteiger partial charge >= 0.3 is 0 Å². The SMILES string of the molecule is CC1CCN(c2nc(C(C)(C)C)ccc2CCC(=O)C(C)c2ccc3[nH]c(=S)sc3c2)CC1. The Kier molecular flexibility index (Phi) is 7.06. The molecule has 1 atom stereocenters. The van der Waals surface area contributed by atoms with Crippen LogP contribution >= 0.6 is 23.6 Å². The third-order valence-electron chi connectivity index (χ3n) is 6.88. The molecule has 33 heavy (non-hydrogen) atoms. The molecule has 6 heteroatoms. The third-order valence-corrected chi connectivity index (χ3v) is 8.07. The van der Waals surface area contributed by atoms with Crippen LogP contribution in [0.3, 0.4) is 0 Å². The summed E-state index contributed by atoms with van der Waals surface area (Å²) in [5, 5.41) is 0. The number of nitrogens with one attached hydrogen (secondary N) is 1. The predicted molar refractivity (Wildman–Crippen MR) is 142 cm³/mol. The first kappa shape index (κ1) is 24.1. The number of aryl methyl sites for hydroxylation is 1. The average molecular weight is 482 g/mol. The fraction of sp³-hybridized carbons (Fsp3) is 0.519. The Morgan fingerprint density at radius 1 is 1.24 bits per heavy atom. The fourth-order valence-corrected chi connectivity index (χ4v) is 5.64. The highest BCUT2D eigenvalue weighted by Gasteiger charge is 2.24. The van der Waals surface area contributed by atoms with E-state index in [1.807, 2.05) is 19.1 Å². The number of anilines is 1. The number of piperidine rings is 1. The van der Waals surface area contributed by atoms with E-state index in [9.17, 15) is 4.79 Å². The largest absolute Gasteiger partial charge is 0.356 e. The number of fused-ring (bicyclic) bond motifs is 1. The zero-order valence-electron chi connectivity index (χ0n) is 20.4. The molecule has 1 unspecified atom stereocenters. The lowest BCUT2D eigenvalue weighted by Crippen LogP contribution is -2.34. The molecule has 1 fully saturated rings. The maximum absolute atomic E-state index is 13.2. The Labute approximate surface area is 206 Å². The number of aromatic amines is 1. The van der Waals surface area contributed by atoms with E-state index in [0.29, 0.717) is 6.42 Å². The molecule has 0 radical (unpaired) electrons. The van der Waals surface area contributed by atoms with Crippen molar-refractivity contribution < 1.29 is 4.79 Å². The Morgan fingerprint density at radius 3 is 2.67 bits per heavy atom. The number of carbonyl (C=O) groups is 1. The van der Waals surface area contributed by atoms with Gasteiger partial charge < -0.3 is 9.88 Å². The van der Waals surface area contributed by atoms with E-state index in [1.165, 1.54) is 18.4 Å². The van der Waals surface area contributed by atoms with Crippen molar-refractivity contribution in [3.63, 3.8) is 0 Å². The first-order valence-electron chi connectivity index (χ1n) is 12.0. The smallest absolute Gasteiger partial charge is 0.159 e. The zero-order valence-corrected chi connectivity index (χ0v) is 22.0. The number of hydrogen-bond donors (Lipinski definition) is 1. The number of pyridine rings is 1. The summed E-state index contributed by atoms with van der Waals surface area (Å²) >= 11 is 6.82. The highest BCUT2D eigenvalue weighted by molar-refractivity contribution is 7.73. The molecule has 3 aromatic rings. The summed E-state index contributed by atoms with van der Waals surface area (Å²) in [6, 6.07) is 10.5. The summed E-state index contributed by atoms with van der Waals surface area (Å²) in [6.45, 7) is 13.1. The molecule has 0 bridgehead atoms. The Hall–Kier alpha value is -2.05. The van der Waals surface area contributed by atoms with Gasteiger partial charge in [0.2, 0.25) is 0 Å². The van der Waals surface area contributed by atoms with Crippen molar-refractivity contribution in [2.45, 2.75) is 71.6 Å². The minimum absolute atomic E-state index is 0.00342. The van der Waals surface area contributed by atoms with Crippen LogP contribution in [-0.4, -0.2) is 28.8 Å². The van der Waals surface area contributed by atoms with E-state index >= 15 is 0 Å². The van der Waals surface area contributed by atoms with Gasteiger partial charge in [0.1, 0.15) is 11.6 Å². The molecule has 1 aliphatic rings. The van der Waals surface area contributed by atoms with Crippen molar-refractivity contribution in [2.24, 2.45) is 5.92 Å². The highest BCUT2D eigenvalue weighted by atomic mass is 32.1. The molecule has 0 spiro atoms. The molecule has 0 aliphatic carbocycles. The fourth-order valence-electron chi connectivity index (χ4n) is 4.48. The number of benzene rings is 1. The van der Waals surface area contributed by atoms with Crippen molar-refractivity contribution >= 4 is 45.4 Å². The van der Waals surface area contributed by atoms with Crippen LogP contribution in [-0.2, 0) is 16.6 Å². The average Bonchev–Trinajstić information content (AvgIpc) is 3.16. The van der Waals surface area contributed by atoms with Crippen molar-refractivity contribution in [1.82, 2.24) is 9.97 Å². The van der Waals surface area contributed by atoms with Crippen LogP contribution in [0, 0.1) is 9.87 Å². The summed E-state index contributed by atoms with van der Waals surface area (Å²) in [5.41, 5.74) is 4.41. The van der Waals surface area contributed by atoms with Gasteiger partial charge in [-0.1, -0.05) is 46.8 Å². The van der Waals surface area contributed by atoms with Gasteiger partial charge in [-0.25, -0.2) is 4.98 Å². The van der Waals surface area contributed by atoms with E-state index in [2.05, 4.69) is 55.8 Å². The lowest BCUT2D eigenvalue weighted by molar-refractivity contribution is -0.120. The van der Waals surface area contributed by atoms with Gasteiger partial charge in [0.25, 0.3) is 0 Å². The second kappa shape index (κ2) is 9.67. The zero-order chi connectivity index (χ0) is 23.8. The molecule has 3 heterocycles. The molecular weight excluding hydrogens is 446 g/mol. The van der Waals surface area contributed by atoms with Crippen molar-refractivity contribution in [1.29, 1.82) is 0 Å². The number of thiazole rings is 1. The monoisotopic (exact) mass is 481 g/mol. The van der Waals surface area contributed by atoms with E-state index < -0.39 is 0 Å². The highest BCUT2D eigenvalue weighted by Crippen LogP contribution is 2.31. The van der Waals surface area contributed by atoms with Gasteiger partial charge in [-0.2, -0.15) is 0 Å². The number of carbonyl (C=O) groups excluding carboxylic acids is 1. The van der Waals surface area contributed by atoms with Gasteiger partial charge in [0.05, 0.1) is 10.2 Å². The number of aromatic nitrogens is 2. The molecule has 0 saturated carbocycles. The second-order valence-electron chi connectivity index (χ2n) is 10.6. The van der Waals surface area contributed by atoms with Crippen LogP contribution in [0.4, 0.5) is 5.82 Å². The molecule has 176 valence electrons. The number of Topliss-reactive ketones (excluding diaryl/α,β-unsaturated/α-hetero) is 1. The molecule has 2 aromatic heterocycles. The van der Waals surface area contributed by atoms with Gasteiger partial charge in [0.15, 0.2) is 3.95 Å².